The third-order valence-electron chi connectivity index (χ3n) is 4.77. The van der Waals surface area contributed by atoms with Gasteiger partial charge in [0.1, 0.15) is 12.4 Å². The summed E-state index contributed by atoms with van der Waals surface area (Å²) in [4.78, 5) is 36.1. The first-order valence-corrected chi connectivity index (χ1v) is 12.5. The van der Waals surface area contributed by atoms with Gasteiger partial charge in [0.15, 0.2) is 0 Å². The first-order valence-electron chi connectivity index (χ1n) is 11.0. The van der Waals surface area contributed by atoms with Crippen molar-refractivity contribution in [2.75, 3.05) is 46.7 Å². The minimum atomic E-state index is -3.98. The molecular formula is C22H32NO10P. The molecule has 1 aliphatic heterocycles. The van der Waals surface area contributed by atoms with Crippen molar-refractivity contribution in [2.24, 2.45) is 5.92 Å². The van der Waals surface area contributed by atoms with E-state index in [1.165, 1.54) is 12.0 Å². The van der Waals surface area contributed by atoms with Gasteiger partial charge in [0.05, 0.1) is 39.6 Å². The van der Waals surface area contributed by atoms with Crippen molar-refractivity contribution in [3.05, 3.63) is 29.8 Å². The van der Waals surface area contributed by atoms with E-state index >= 15 is 0 Å². The number of benzene rings is 1. The minimum absolute atomic E-state index is 0.0168. The van der Waals surface area contributed by atoms with Gasteiger partial charge in [-0.25, -0.2) is 4.57 Å². The van der Waals surface area contributed by atoms with E-state index in [1.54, 1.807) is 38.1 Å². The predicted molar refractivity (Wildman–Crippen MR) is 120 cm³/mol. The van der Waals surface area contributed by atoms with Crippen LogP contribution in [0.2, 0.25) is 0 Å². The van der Waals surface area contributed by atoms with Crippen LogP contribution in [0, 0.1) is 5.92 Å². The van der Waals surface area contributed by atoms with Crippen molar-refractivity contribution in [2.45, 2.75) is 33.3 Å². The van der Waals surface area contributed by atoms with Crippen LogP contribution in [0.4, 0.5) is 0 Å². The average molecular weight is 501 g/mol. The summed E-state index contributed by atoms with van der Waals surface area (Å²) in [5, 5.41) is 0. The molecule has 0 spiro atoms. The van der Waals surface area contributed by atoms with E-state index in [9.17, 15) is 18.9 Å². The van der Waals surface area contributed by atoms with Crippen molar-refractivity contribution in [1.29, 1.82) is 0 Å². The number of imide groups is 1. The van der Waals surface area contributed by atoms with Crippen LogP contribution in [-0.4, -0.2) is 69.4 Å². The van der Waals surface area contributed by atoms with Gasteiger partial charge in [0.2, 0.25) is 11.8 Å². The Morgan fingerprint density at radius 2 is 1.74 bits per heavy atom. The fraction of sp³-hybridized carbons (Fsp3) is 0.591. The number of ether oxygens (including phenoxy) is 3. The van der Waals surface area contributed by atoms with Gasteiger partial charge >= 0.3 is 13.8 Å². The van der Waals surface area contributed by atoms with Crippen molar-refractivity contribution in [1.82, 2.24) is 4.90 Å². The Kier molecular flexibility index (Phi) is 11.7. The molecule has 11 nitrogen and oxygen atoms in total. The molecule has 1 saturated heterocycles. The molecule has 1 aromatic rings. The lowest BCUT2D eigenvalue weighted by atomic mass is 10.1. The van der Waals surface area contributed by atoms with Crippen LogP contribution in [0.3, 0.4) is 0 Å². The van der Waals surface area contributed by atoms with Crippen molar-refractivity contribution < 1.29 is 46.7 Å². The van der Waals surface area contributed by atoms with Gasteiger partial charge in [-0.2, -0.15) is 0 Å². The zero-order valence-corrected chi connectivity index (χ0v) is 20.6. The number of methoxy groups -OCH3 is 1. The number of carbonyl (C=O) groups excluding carboxylic acids is 3. The number of hydrogen-bond donors (Lipinski definition) is 0. The normalized spacial score (nSPS) is 17.6. The monoisotopic (exact) mass is 501 g/mol. The molecule has 34 heavy (non-hydrogen) atoms. The topological polar surface area (TPSA) is 127 Å². The molecule has 2 amide bonds. The van der Waals surface area contributed by atoms with Gasteiger partial charge in [-0.3, -0.25) is 28.3 Å². The molecule has 0 bridgehead atoms. The number of esters is 1. The van der Waals surface area contributed by atoms with Gasteiger partial charge in [0, 0.05) is 25.9 Å². The SMILES string of the molecule is CCC(=O)OCc1ccc(OP(=O)(OCCOC)OCCOCCN2C(=O)CC(C)C2=O)cc1. The molecule has 190 valence electrons. The Morgan fingerprint density at radius 3 is 2.32 bits per heavy atom. The van der Waals surface area contributed by atoms with E-state index in [1.807, 2.05) is 0 Å². The summed E-state index contributed by atoms with van der Waals surface area (Å²) in [5.74, 6) is -0.781. The molecular weight excluding hydrogens is 469 g/mol. The molecule has 0 radical (unpaired) electrons. The highest BCUT2D eigenvalue weighted by molar-refractivity contribution is 7.48. The number of nitrogens with zero attached hydrogens (tertiary/aromatic N) is 1. The molecule has 0 N–H and O–H groups in total. The van der Waals surface area contributed by atoms with E-state index in [2.05, 4.69) is 0 Å². The van der Waals surface area contributed by atoms with Crippen LogP contribution in [0.5, 0.6) is 5.75 Å². The quantitative estimate of drug-likeness (QED) is 0.144. The molecule has 1 aliphatic rings. The first kappa shape index (κ1) is 27.9. The molecule has 2 unspecified atom stereocenters. The largest absolute Gasteiger partial charge is 0.530 e. The van der Waals surface area contributed by atoms with Crippen molar-refractivity contribution in [3.8, 4) is 5.75 Å². The second-order valence-electron chi connectivity index (χ2n) is 7.46. The molecule has 1 aromatic carbocycles. The van der Waals surface area contributed by atoms with E-state index < -0.39 is 7.82 Å². The van der Waals surface area contributed by atoms with E-state index in [0.29, 0.717) is 0 Å². The number of rotatable bonds is 16. The number of amides is 2. The van der Waals surface area contributed by atoms with Crippen LogP contribution < -0.4 is 4.52 Å². The molecule has 0 saturated carbocycles. The third-order valence-corrected chi connectivity index (χ3v) is 6.20. The lowest BCUT2D eigenvalue weighted by Crippen LogP contribution is -2.33. The van der Waals surface area contributed by atoms with Crippen LogP contribution in [0.1, 0.15) is 32.3 Å². The molecule has 0 aromatic heterocycles. The van der Waals surface area contributed by atoms with E-state index in [0.717, 1.165) is 5.56 Å². The standard InChI is InChI=1S/C22H32NO10P/c1-4-21(25)30-16-18-5-7-19(8-6-18)33-34(27,31-13-11-28-3)32-14-12-29-10-9-23-20(24)15-17(2)22(23)26/h5-8,17H,4,9-16H2,1-3H3. The summed E-state index contributed by atoms with van der Waals surface area (Å²) in [6.07, 6.45) is 0.504. The van der Waals surface area contributed by atoms with Crippen molar-refractivity contribution >= 4 is 25.6 Å². The van der Waals surface area contributed by atoms with E-state index in [-0.39, 0.29) is 88.5 Å². The number of carbonyl (C=O) groups is 3. The Balaban J connectivity index is 1.81. The van der Waals surface area contributed by atoms with Gasteiger partial charge in [0.25, 0.3) is 0 Å². The number of phosphoric acid groups is 1. The highest BCUT2D eigenvalue weighted by Gasteiger charge is 2.35. The number of phosphoric ester groups is 1. The maximum absolute atomic E-state index is 13.0. The summed E-state index contributed by atoms with van der Waals surface area (Å²) >= 11 is 0. The van der Waals surface area contributed by atoms with Crippen LogP contribution in [0.25, 0.3) is 0 Å². The molecule has 0 aliphatic carbocycles. The number of hydrogen-bond acceptors (Lipinski definition) is 10. The molecule has 2 atom stereocenters. The second kappa shape index (κ2) is 14.2. The molecule has 12 heteroatoms. The first-order chi connectivity index (χ1) is 16.3. The lowest BCUT2D eigenvalue weighted by Gasteiger charge is -2.19. The Bertz CT molecular complexity index is 860. The predicted octanol–water partition coefficient (Wildman–Crippen LogP) is 2.72. The Hall–Kier alpha value is -2.30. The van der Waals surface area contributed by atoms with Gasteiger partial charge in [-0.05, 0) is 17.7 Å². The highest BCUT2D eigenvalue weighted by atomic mass is 31.2. The van der Waals surface area contributed by atoms with Crippen molar-refractivity contribution in [3.63, 3.8) is 0 Å². The maximum Gasteiger partial charge on any atom is 0.530 e. The summed E-state index contributed by atoms with van der Waals surface area (Å²) in [6.45, 7) is 3.94. The summed E-state index contributed by atoms with van der Waals surface area (Å²) in [7, 11) is -2.51. The molecule has 1 heterocycles. The van der Waals surface area contributed by atoms with Gasteiger partial charge in [-0.15, -0.1) is 0 Å². The molecule has 2 rings (SSSR count). The smallest absolute Gasteiger partial charge is 0.461 e. The second-order valence-corrected chi connectivity index (χ2v) is 9.05. The van der Waals surface area contributed by atoms with Crippen LogP contribution >= 0.6 is 7.82 Å². The van der Waals surface area contributed by atoms with Gasteiger partial charge < -0.3 is 18.7 Å². The lowest BCUT2D eigenvalue weighted by molar-refractivity contribution is -0.144. The van der Waals surface area contributed by atoms with E-state index in [4.69, 9.17) is 27.8 Å². The van der Waals surface area contributed by atoms with Crippen LogP contribution in [-0.2, 0) is 48.8 Å². The fourth-order valence-electron chi connectivity index (χ4n) is 2.91. The summed E-state index contributed by atoms with van der Waals surface area (Å²) in [6, 6.07) is 6.46. The summed E-state index contributed by atoms with van der Waals surface area (Å²) < 4.78 is 44.5. The zero-order valence-electron chi connectivity index (χ0n) is 19.7. The highest BCUT2D eigenvalue weighted by Crippen LogP contribution is 2.49. The summed E-state index contributed by atoms with van der Waals surface area (Å²) in [5.41, 5.74) is 0.739. The fourth-order valence-corrected chi connectivity index (χ4v) is 4.07. The third kappa shape index (κ3) is 9.15. The minimum Gasteiger partial charge on any atom is -0.461 e. The Labute approximate surface area is 199 Å². The Morgan fingerprint density at radius 1 is 1.06 bits per heavy atom. The maximum atomic E-state index is 13.0. The van der Waals surface area contributed by atoms with Crippen LogP contribution in [0.15, 0.2) is 24.3 Å². The van der Waals surface area contributed by atoms with Gasteiger partial charge in [-0.1, -0.05) is 26.0 Å². The average Bonchev–Trinajstić information content (AvgIpc) is 3.06. The zero-order chi connectivity index (χ0) is 25.0. The number of likely N-dealkylation sites (tertiary alicyclic amines) is 1. The molecule has 1 fully saturated rings.